The average molecular weight is 512 g/mol. The molecule has 0 bridgehead atoms. The van der Waals surface area contributed by atoms with E-state index in [0.717, 1.165) is 11.1 Å². The van der Waals surface area contributed by atoms with E-state index < -0.39 is 36.1 Å². The Kier molecular flexibility index (Phi) is 12.8. The molecule has 0 spiro atoms. The number of carbonyl (C=O) groups excluding carboxylic acids is 3. The van der Waals surface area contributed by atoms with Gasteiger partial charge in [-0.15, -0.1) is 0 Å². The predicted molar refractivity (Wildman–Crippen MR) is 137 cm³/mol. The molecule has 0 unspecified atom stereocenters. The molecule has 2 aromatic rings. The van der Waals surface area contributed by atoms with E-state index in [4.69, 9.17) is 9.47 Å². The maximum Gasteiger partial charge on any atom is 0.408 e. The Balaban J connectivity index is 1.92. The lowest BCUT2D eigenvalue weighted by molar-refractivity contribution is -0.142. The minimum Gasteiger partial charge on any atom is -0.480 e. The van der Waals surface area contributed by atoms with Crippen LogP contribution in [0.15, 0.2) is 73.3 Å². The Morgan fingerprint density at radius 1 is 0.838 bits per heavy atom. The Hall–Kier alpha value is -4.34. The van der Waals surface area contributed by atoms with Crippen molar-refractivity contribution in [1.82, 2.24) is 16.0 Å². The van der Waals surface area contributed by atoms with E-state index >= 15 is 0 Å². The number of alkyl carbamates (subject to hydrolysis) is 2. The molecule has 0 radical (unpaired) electrons. The lowest BCUT2D eigenvalue weighted by atomic mass is 10.0. The number of benzene rings is 2. The first-order valence-corrected chi connectivity index (χ1v) is 11.9. The molecule has 2 aromatic carbocycles. The highest BCUT2D eigenvalue weighted by Gasteiger charge is 2.27. The summed E-state index contributed by atoms with van der Waals surface area (Å²) < 4.78 is 10.0. The van der Waals surface area contributed by atoms with Crippen molar-refractivity contribution in [3.63, 3.8) is 0 Å². The fraction of sp³-hybridized carbons (Fsp3) is 0.333. The zero-order valence-electron chi connectivity index (χ0n) is 20.6. The number of carboxylic acids is 1. The topological polar surface area (TPSA) is 143 Å². The van der Waals surface area contributed by atoms with Crippen LogP contribution in [-0.4, -0.2) is 54.4 Å². The molecule has 3 amide bonds. The number of hydrogen-bond donors (Lipinski definition) is 4. The van der Waals surface area contributed by atoms with Crippen LogP contribution in [0.3, 0.4) is 0 Å². The second-order valence-electron chi connectivity index (χ2n) is 8.16. The Labute approximate surface area is 216 Å². The molecule has 0 heterocycles. The molecular formula is C27H33N3O7. The smallest absolute Gasteiger partial charge is 0.408 e. The van der Waals surface area contributed by atoms with Gasteiger partial charge < -0.3 is 30.5 Å². The maximum atomic E-state index is 13.0. The van der Waals surface area contributed by atoms with Gasteiger partial charge in [0.05, 0.1) is 0 Å². The molecule has 4 N–H and O–H groups in total. The van der Waals surface area contributed by atoms with Crippen LogP contribution in [0.2, 0.25) is 0 Å². The van der Waals surface area contributed by atoms with Gasteiger partial charge in [0.25, 0.3) is 0 Å². The van der Waals surface area contributed by atoms with Gasteiger partial charge in [0.15, 0.2) is 0 Å². The van der Waals surface area contributed by atoms with Crippen LogP contribution in [0.25, 0.3) is 0 Å². The van der Waals surface area contributed by atoms with E-state index in [9.17, 15) is 24.3 Å². The minimum absolute atomic E-state index is 0.0271. The summed E-state index contributed by atoms with van der Waals surface area (Å²) in [5, 5.41) is 17.2. The van der Waals surface area contributed by atoms with Crippen molar-refractivity contribution in [3.05, 3.63) is 84.4 Å². The van der Waals surface area contributed by atoms with Crippen LogP contribution in [0.4, 0.5) is 9.59 Å². The molecular weight excluding hydrogens is 478 g/mol. The number of hydrogen-bond acceptors (Lipinski definition) is 6. The third-order valence-corrected chi connectivity index (χ3v) is 5.24. The third-order valence-electron chi connectivity index (χ3n) is 5.24. The van der Waals surface area contributed by atoms with E-state index in [1.807, 2.05) is 24.3 Å². The summed E-state index contributed by atoms with van der Waals surface area (Å²) in [6.07, 6.45) is 1.27. The van der Waals surface area contributed by atoms with E-state index in [0.29, 0.717) is 19.4 Å². The number of carboxylic acid groups (broad SMARTS) is 1. The van der Waals surface area contributed by atoms with Crippen molar-refractivity contribution >= 4 is 24.1 Å². The van der Waals surface area contributed by atoms with Crippen LogP contribution in [0.5, 0.6) is 0 Å². The Morgan fingerprint density at radius 3 is 2.11 bits per heavy atom. The number of amides is 3. The largest absolute Gasteiger partial charge is 0.480 e. The molecule has 2 rings (SSSR count). The van der Waals surface area contributed by atoms with E-state index in [1.54, 1.807) is 36.4 Å². The van der Waals surface area contributed by atoms with Gasteiger partial charge in [-0.05, 0) is 30.4 Å². The molecule has 10 heteroatoms. The summed E-state index contributed by atoms with van der Waals surface area (Å²) in [4.78, 5) is 48.6. The predicted octanol–water partition coefficient (Wildman–Crippen LogP) is 3.18. The lowest BCUT2D eigenvalue weighted by Gasteiger charge is -2.21. The van der Waals surface area contributed by atoms with Gasteiger partial charge in [0.2, 0.25) is 5.91 Å². The van der Waals surface area contributed by atoms with E-state index in [-0.39, 0.29) is 26.1 Å². The number of nitrogens with one attached hydrogen (secondary N) is 3. The lowest BCUT2D eigenvalue weighted by Crippen LogP contribution is -2.52. The second-order valence-corrected chi connectivity index (χ2v) is 8.16. The van der Waals surface area contributed by atoms with Gasteiger partial charge in [-0.25, -0.2) is 14.4 Å². The van der Waals surface area contributed by atoms with Crippen molar-refractivity contribution in [3.8, 4) is 0 Å². The standard InChI is InChI=1S/C27H33N3O7/c1-2-17-36-26(34)28-16-10-9-15-22(25(32)33)29-24(31)23(18-20-11-5-3-6-12-20)30-27(35)37-19-21-13-7-4-8-14-21/h2-8,11-14,22-23H,1,9-10,15-19H2,(H,28,34)(H,29,31)(H,30,35)(H,32,33)/t22-,23-/m0/s1. The second kappa shape index (κ2) is 16.4. The molecule has 0 aromatic heterocycles. The highest BCUT2D eigenvalue weighted by Crippen LogP contribution is 2.07. The first kappa shape index (κ1) is 28.9. The van der Waals surface area contributed by atoms with Gasteiger partial charge in [-0.2, -0.15) is 0 Å². The molecule has 2 atom stereocenters. The van der Waals surface area contributed by atoms with Crippen molar-refractivity contribution < 1.29 is 33.8 Å². The van der Waals surface area contributed by atoms with Gasteiger partial charge in [-0.3, -0.25) is 4.79 Å². The zero-order valence-corrected chi connectivity index (χ0v) is 20.6. The van der Waals surface area contributed by atoms with E-state index in [2.05, 4.69) is 22.5 Å². The van der Waals surface area contributed by atoms with Crippen LogP contribution < -0.4 is 16.0 Å². The summed E-state index contributed by atoms with van der Waals surface area (Å²) in [6.45, 7) is 3.86. The number of unbranched alkanes of at least 4 members (excludes halogenated alkanes) is 1. The third kappa shape index (κ3) is 11.8. The number of rotatable bonds is 15. The molecule has 0 fully saturated rings. The molecule has 10 nitrogen and oxygen atoms in total. The Bertz CT molecular complexity index is 1020. The summed E-state index contributed by atoms with van der Waals surface area (Å²) in [5.74, 6) is -1.84. The summed E-state index contributed by atoms with van der Waals surface area (Å²) in [6, 6.07) is 15.9. The van der Waals surface area contributed by atoms with Crippen molar-refractivity contribution in [2.45, 2.75) is 44.4 Å². The minimum atomic E-state index is -1.20. The van der Waals surface area contributed by atoms with Gasteiger partial charge >= 0.3 is 18.2 Å². The van der Waals surface area contributed by atoms with Gasteiger partial charge in [0, 0.05) is 13.0 Å². The van der Waals surface area contributed by atoms with Gasteiger partial charge in [0.1, 0.15) is 25.3 Å². The number of aliphatic carboxylic acids is 1. The maximum absolute atomic E-state index is 13.0. The van der Waals surface area contributed by atoms with Crippen molar-refractivity contribution in [1.29, 1.82) is 0 Å². The summed E-state index contributed by atoms with van der Waals surface area (Å²) in [7, 11) is 0. The normalized spacial score (nSPS) is 11.9. The molecule has 0 saturated carbocycles. The average Bonchev–Trinajstić information content (AvgIpc) is 2.90. The van der Waals surface area contributed by atoms with Gasteiger partial charge in [-0.1, -0.05) is 73.3 Å². The zero-order chi connectivity index (χ0) is 26.9. The SMILES string of the molecule is C=CCOC(=O)NCCCC[C@H](NC(=O)[C@H](Cc1ccccc1)NC(=O)OCc1ccccc1)C(=O)O. The molecule has 0 aliphatic carbocycles. The fourth-order valence-corrected chi connectivity index (χ4v) is 3.35. The fourth-order valence-electron chi connectivity index (χ4n) is 3.35. The molecule has 37 heavy (non-hydrogen) atoms. The number of ether oxygens (including phenoxy) is 2. The highest BCUT2D eigenvalue weighted by atomic mass is 16.6. The van der Waals surface area contributed by atoms with Crippen LogP contribution in [0, 0.1) is 0 Å². The van der Waals surface area contributed by atoms with Crippen LogP contribution in [0.1, 0.15) is 30.4 Å². The van der Waals surface area contributed by atoms with Crippen molar-refractivity contribution in [2.24, 2.45) is 0 Å². The van der Waals surface area contributed by atoms with Crippen LogP contribution in [-0.2, 0) is 32.1 Å². The molecule has 198 valence electrons. The molecule has 0 saturated heterocycles. The molecule has 0 aliphatic rings. The highest BCUT2D eigenvalue weighted by molar-refractivity contribution is 5.89. The first-order valence-electron chi connectivity index (χ1n) is 11.9. The first-order chi connectivity index (χ1) is 17.9. The van der Waals surface area contributed by atoms with E-state index in [1.165, 1.54) is 6.08 Å². The number of carbonyl (C=O) groups is 4. The monoisotopic (exact) mass is 511 g/mol. The molecule has 0 aliphatic heterocycles. The summed E-state index contributed by atoms with van der Waals surface area (Å²) in [5.41, 5.74) is 1.57. The van der Waals surface area contributed by atoms with Crippen LogP contribution >= 0.6 is 0 Å². The Morgan fingerprint density at radius 2 is 1.49 bits per heavy atom. The van der Waals surface area contributed by atoms with Crippen molar-refractivity contribution in [2.75, 3.05) is 13.2 Å². The summed E-state index contributed by atoms with van der Waals surface area (Å²) >= 11 is 0. The quantitative estimate of drug-likeness (QED) is 0.212.